The topological polar surface area (TPSA) is 0 Å². The summed E-state index contributed by atoms with van der Waals surface area (Å²) >= 11 is 0. The van der Waals surface area contributed by atoms with Crippen LogP contribution in [0.2, 0.25) is 0 Å². The third-order valence-corrected chi connectivity index (χ3v) is 6.45. The molecule has 0 bridgehead atoms. The molecule has 0 atom stereocenters. The molecule has 0 radical (unpaired) electrons. The van der Waals surface area contributed by atoms with Crippen molar-refractivity contribution in [2.24, 2.45) is 0 Å². The molecule has 0 N–H and O–H groups in total. The van der Waals surface area contributed by atoms with Crippen LogP contribution in [-0.2, 0) is 36.5 Å². The molecule has 0 heteroatoms. The van der Waals surface area contributed by atoms with Gasteiger partial charge in [0.1, 0.15) is 0 Å². The summed E-state index contributed by atoms with van der Waals surface area (Å²) in [7, 11) is 0. The SMILES string of the molecule is CCc1cc(CCCc2ccc(C(C)(C)CC)c(CC)c2)ccc1C(C)(C)C. The first-order valence-electron chi connectivity index (χ1n) is 11.4. The molecule has 0 unspecified atom stereocenters. The van der Waals surface area contributed by atoms with Gasteiger partial charge >= 0.3 is 0 Å². The Morgan fingerprint density at radius 3 is 1.54 bits per heavy atom. The molecule has 0 aliphatic rings. The van der Waals surface area contributed by atoms with Crippen molar-refractivity contribution in [3.05, 3.63) is 69.8 Å². The third-order valence-electron chi connectivity index (χ3n) is 6.45. The van der Waals surface area contributed by atoms with Crippen LogP contribution in [0.3, 0.4) is 0 Å². The van der Waals surface area contributed by atoms with Crippen LogP contribution in [0.25, 0.3) is 0 Å². The molecule has 0 spiro atoms. The van der Waals surface area contributed by atoms with Crippen LogP contribution in [0.5, 0.6) is 0 Å². The van der Waals surface area contributed by atoms with E-state index in [1.807, 2.05) is 0 Å². The average Bonchev–Trinajstić information content (AvgIpc) is 2.66. The Bertz CT molecular complexity index is 771. The largest absolute Gasteiger partial charge is 0.0646 e. The molecular weight excluding hydrogens is 336 g/mol. The maximum Gasteiger partial charge on any atom is -0.0103 e. The van der Waals surface area contributed by atoms with E-state index in [2.05, 4.69) is 91.8 Å². The van der Waals surface area contributed by atoms with Crippen LogP contribution >= 0.6 is 0 Å². The van der Waals surface area contributed by atoms with Gasteiger partial charge in [-0.1, -0.05) is 91.8 Å². The van der Waals surface area contributed by atoms with E-state index >= 15 is 0 Å². The zero-order chi connectivity index (χ0) is 20.9. The van der Waals surface area contributed by atoms with E-state index in [4.69, 9.17) is 0 Å². The standard InChI is InChI=1S/C28H42/c1-9-23-19-21(15-17-25(23)27(4,5)6)13-12-14-22-16-18-26(24(10-2)20-22)28(7,8)11-3/h15-20H,9-14H2,1-8H3. The van der Waals surface area contributed by atoms with Crippen molar-refractivity contribution in [2.45, 2.75) is 105 Å². The minimum absolute atomic E-state index is 0.231. The van der Waals surface area contributed by atoms with Gasteiger partial charge in [0.05, 0.1) is 0 Å². The second kappa shape index (κ2) is 9.29. The molecule has 2 aromatic rings. The zero-order valence-electron chi connectivity index (χ0n) is 19.7. The maximum absolute atomic E-state index is 2.47. The number of benzene rings is 2. The van der Waals surface area contributed by atoms with Gasteiger partial charge in [0.25, 0.3) is 0 Å². The van der Waals surface area contributed by atoms with Crippen LogP contribution in [0, 0.1) is 0 Å². The highest BCUT2D eigenvalue weighted by atomic mass is 14.3. The number of rotatable bonds is 8. The van der Waals surface area contributed by atoms with Gasteiger partial charge in [-0.05, 0) is 82.7 Å². The van der Waals surface area contributed by atoms with Crippen molar-refractivity contribution in [1.29, 1.82) is 0 Å². The number of hydrogen-bond donors (Lipinski definition) is 0. The van der Waals surface area contributed by atoms with Gasteiger partial charge in [0.15, 0.2) is 0 Å². The Balaban J connectivity index is 2.07. The summed E-state index contributed by atoms with van der Waals surface area (Å²) in [6.07, 6.45) is 6.99. The second-order valence-electron chi connectivity index (χ2n) is 10.0. The normalized spacial score (nSPS) is 12.4. The lowest BCUT2D eigenvalue weighted by molar-refractivity contribution is 0.501. The van der Waals surface area contributed by atoms with E-state index < -0.39 is 0 Å². The van der Waals surface area contributed by atoms with E-state index in [0.717, 1.165) is 12.8 Å². The third kappa shape index (κ3) is 5.49. The minimum Gasteiger partial charge on any atom is -0.0646 e. The Kier molecular flexibility index (Phi) is 7.54. The Hall–Kier alpha value is -1.56. The lowest BCUT2D eigenvalue weighted by Gasteiger charge is -2.26. The second-order valence-corrected chi connectivity index (χ2v) is 10.0. The first-order chi connectivity index (χ1) is 13.1. The predicted molar refractivity (Wildman–Crippen MR) is 126 cm³/mol. The summed E-state index contributed by atoms with van der Waals surface area (Å²) in [5.41, 5.74) is 9.58. The molecule has 0 saturated carbocycles. The summed E-state index contributed by atoms with van der Waals surface area (Å²) in [5, 5.41) is 0. The van der Waals surface area contributed by atoms with Crippen LogP contribution in [0.4, 0.5) is 0 Å². The highest BCUT2D eigenvalue weighted by molar-refractivity contribution is 5.38. The molecule has 0 aliphatic heterocycles. The number of hydrogen-bond acceptors (Lipinski definition) is 0. The number of aryl methyl sites for hydroxylation is 4. The molecule has 0 saturated heterocycles. The van der Waals surface area contributed by atoms with Gasteiger partial charge in [-0.15, -0.1) is 0 Å². The highest BCUT2D eigenvalue weighted by Gasteiger charge is 2.21. The molecule has 0 nitrogen and oxygen atoms in total. The van der Waals surface area contributed by atoms with E-state index in [9.17, 15) is 0 Å². The van der Waals surface area contributed by atoms with Crippen molar-refractivity contribution < 1.29 is 0 Å². The molecule has 0 amide bonds. The molecule has 154 valence electrons. The van der Waals surface area contributed by atoms with Crippen molar-refractivity contribution in [1.82, 2.24) is 0 Å². The fourth-order valence-corrected chi connectivity index (χ4v) is 4.27. The Labute approximate surface area is 174 Å². The fraction of sp³-hybridized carbons (Fsp3) is 0.571. The Morgan fingerprint density at radius 2 is 1.11 bits per heavy atom. The molecule has 0 aromatic heterocycles. The Morgan fingerprint density at radius 1 is 0.643 bits per heavy atom. The summed E-state index contributed by atoms with van der Waals surface area (Å²) in [5.74, 6) is 0. The molecule has 0 fully saturated rings. The van der Waals surface area contributed by atoms with Gasteiger partial charge in [0, 0.05) is 0 Å². The van der Waals surface area contributed by atoms with Gasteiger partial charge in [-0.2, -0.15) is 0 Å². The quantitative estimate of drug-likeness (QED) is 0.437. The summed E-state index contributed by atoms with van der Waals surface area (Å²) in [6, 6.07) is 14.4. The van der Waals surface area contributed by atoms with Gasteiger partial charge in [-0.25, -0.2) is 0 Å². The van der Waals surface area contributed by atoms with E-state index in [0.29, 0.717) is 0 Å². The molecule has 0 heterocycles. The summed E-state index contributed by atoms with van der Waals surface area (Å²) in [4.78, 5) is 0. The fourth-order valence-electron chi connectivity index (χ4n) is 4.27. The van der Waals surface area contributed by atoms with E-state index in [1.54, 1.807) is 0 Å². The molecule has 28 heavy (non-hydrogen) atoms. The van der Waals surface area contributed by atoms with Crippen LogP contribution in [0.15, 0.2) is 36.4 Å². The van der Waals surface area contributed by atoms with Gasteiger partial charge < -0.3 is 0 Å². The lowest BCUT2D eigenvalue weighted by Crippen LogP contribution is -2.18. The van der Waals surface area contributed by atoms with Crippen LogP contribution in [-0.4, -0.2) is 0 Å². The van der Waals surface area contributed by atoms with Crippen molar-refractivity contribution in [3.63, 3.8) is 0 Å². The minimum atomic E-state index is 0.231. The lowest BCUT2D eigenvalue weighted by atomic mass is 9.78. The summed E-state index contributed by atoms with van der Waals surface area (Å²) < 4.78 is 0. The van der Waals surface area contributed by atoms with Crippen molar-refractivity contribution in [3.8, 4) is 0 Å². The molecule has 0 aliphatic carbocycles. The van der Waals surface area contributed by atoms with Crippen LogP contribution in [0.1, 0.15) is 102 Å². The van der Waals surface area contributed by atoms with E-state index in [1.165, 1.54) is 59.1 Å². The highest BCUT2D eigenvalue weighted by Crippen LogP contribution is 2.31. The smallest absolute Gasteiger partial charge is 0.0103 e. The predicted octanol–water partition coefficient (Wildman–Crippen LogP) is 7.97. The van der Waals surface area contributed by atoms with Crippen LogP contribution < -0.4 is 0 Å². The van der Waals surface area contributed by atoms with Crippen molar-refractivity contribution in [2.75, 3.05) is 0 Å². The van der Waals surface area contributed by atoms with Gasteiger partial charge in [-0.3, -0.25) is 0 Å². The van der Waals surface area contributed by atoms with E-state index in [-0.39, 0.29) is 10.8 Å². The first kappa shape index (κ1) is 22.7. The van der Waals surface area contributed by atoms with Gasteiger partial charge in [0.2, 0.25) is 0 Å². The molecule has 2 rings (SSSR count). The average molecular weight is 379 g/mol. The maximum atomic E-state index is 2.47. The zero-order valence-corrected chi connectivity index (χ0v) is 19.7. The first-order valence-corrected chi connectivity index (χ1v) is 11.4. The summed E-state index contributed by atoms with van der Waals surface area (Å²) in [6.45, 7) is 18.5. The molecular formula is C28H42. The monoisotopic (exact) mass is 378 g/mol. The molecule has 2 aromatic carbocycles. The van der Waals surface area contributed by atoms with Crippen molar-refractivity contribution >= 4 is 0 Å².